The number of aromatic nitrogens is 1. The van der Waals surface area contributed by atoms with Crippen LogP contribution in [0.2, 0.25) is 0 Å². The van der Waals surface area contributed by atoms with E-state index in [-0.39, 0.29) is 47.0 Å². The van der Waals surface area contributed by atoms with Gasteiger partial charge in [-0.05, 0) is 55.5 Å². The molecule has 0 bridgehead atoms. The van der Waals surface area contributed by atoms with Gasteiger partial charge in [-0.25, -0.2) is 4.98 Å². The topological polar surface area (TPSA) is 89.6 Å². The molecule has 0 unspecified atom stereocenters. The number of alkyl halides is 3. The van der Waals surface area contributed by atoms with Crippen molar-refractivity contribution in [3.05, 3.63) is 65.5 Å². The molecule has 0 saturated heterocycles. The molecule has 0 saturated carbocycles. The number of benzene rings is 2. The maximum absolute atomic E-state index is 12.6. The second-order valence-electron chi connectivity index (χ2n) is 5.83. The molecule has 150 valence electrons. The summed E-state index contributed by atoms with van der Waals surface area (Å²) in [6.45, 7) is 1.64. The molecule has 1 N–H and O–H groups in total. The number of hydrogen-bond donors (Lipinski definition) is 1. The summed E-state index contributed by atoms with van der Waals surface area (Å²) in [6.07, 6.45) is -4.42. The zero-order valence-electron chi connectivity index (χ0n) is 14.4. The van der Waals surface area contributed by atoms with Crippen molar-refractivity contribution < 1.29 is 35.3 Å². The van der Waals surface area contributed by atoms with Gasteiger partial charge in [-0.3, -0.25) is 4.55 Å². The van der Waals surface area contributed by atoms with Crippen LogP contribution >= 0.6 is 0 Å². The van der Waals surface area contributed by atoms with Crippen LogP contribution in [0.1, 0.15) is 17.0 Å². The summed E-state index contributed by atoms with van der Waals surface area (Å²) >= 11 is 0. The summed E-state index contributed by atoms with van der Waals surface area (Å²) in [7, 11) is -4.29. The first-order chi connectivity index (χ1) is 13.0. The van der Waals surface area contributed by atoms with Crippen LogP contribution in [0.3, 0.4) is 0 Å². The second-order valence-corrected chi connectivity index (χ2v) is 7.25. The number of oxazole rings is 1. The van der Waals surface area contributed by atoms with Gasteiger partial charge in [0.15, 0.2) is 0 Å². The van der Waals surface area contributed by atoms with Crippen LogP contribution in [0.4, 0.5) is 13.2 Å². The summed E-state index contributed by atoms with van der Waals surface area (Å²) < 4.78 is 79.9. The molecule has 2 aromatic carbocycles. The van der Waals surface area contributed by atoms with E-state index in [1.165, 1.54) is 36.4 Å². The van der Waals surface area contributed by atoms with Gasteiger partial charge in [-0.15, -0.1) is 0 Å². The van der Waals surface area contributed by atoms with E-state index in [2.05, 4.69) is 4.98 Å². The molecule has 0 aliphatic rings. The van der Waals surface area contributed by atoms with E-state index in [0.29, 0.717) is 22.8 Å². The van der Waals surface area contributed by atoms with Gasteiger partial charge in [0.2, 0.25) is 5.89 Å². The zero-order chi connectivity index (χ0) is 20.5. The Kier molecular flexibility index (Phi) is 7.18. The van der Waals surface area contributed by atoms with Gasteiger partial charge in [-0.1, -0.05) is 0 Å². The molecule has 0 radical (unpaired) electrons. The van der Waals surface area contributed by atoms with Crippen LogP contribution in [0.25, 0.3) is 11.5 Å². The molecular formula is C18H15F3NNaO5S. The minimum atomic E-state index is -4.42. The van der Waals surface area contributed by atoms with Crippen molar-refractivity contribution in [3.63, 3.8) is 0 Å². The first kappa shape index (κ1) is 23.4. The molecule has 0 aliphatic carbocycles. The molecule has 0 aliphatic heterocycles. The Morgan fingerprint density at radius 2 is 1.66 bits per heavy atom. The Morgan fingerprint density at radius 3 is 2.17 bits per heavy atom. The van der Waals surface area contributed by atoms with Crippen LogP contribution < -0.4 is 4.74 Å². The van der Waals surface area contributed by atoms with Crippen molar-refractivity contribution in [3.8, 4) is 17.2 Å². The van der Waals surface area contributed by atoms with Crippen molar-refractivity contribution in [2.45, 2.75) is 24.6 Å². The molecule has 0 atom stereocenters. The van der Waals surface area contributed by atoms with Crippen molar-refractivity contribution >= 4 is 39.7 Å². The van der Waals surface area contributed by atoms with E-state index < -0.39 is 21.9 Å². The van der Waals surface area contributed by atoms with Crippen molar-refractivity contribution in [1.82, 2.24) is 4.98 Å². The van der Waals surface area contributed by atoms with Crippen LogP contribution in [0.15, 0.2) is 57.8 Å². The predicted molar refractivity (Wildman–Crippen MR) is 99.4 cm³/mol. The molecule has 3 rings (SSSR count). The van der Waals surface area contributed by atoms with Crippen molar-refractivity contribution in [2.24, 2.45) is 0 Å². The predicted octanol–water partition coefficient (Wildman–Crippen LogP) is 3.85. The second kappa shape index (κ2) is 8.88. The summed E-state index contributed by atoms with van der Waals surface area (Å²) in [5.41, 5.74) is 0.0602. The molecular weight excluding hydrogens is 422 g/mol. The van der Waals surface area contributed by atoms with Crippen LogP contribution in [-0.4, -0.2) is 47.5 Å². The first-order valence-electron chi connectivity index (χ1n) is 7.88. The Balaban J connectivity index is 0.00000300. The SMILES string of the molecule is Cc1oc(-c2ccc(C(F)(F)F)cc2)nc1COc1ccc(S(=O)(=O)O)cc1.[NaH]. The normalized spacial score (nSPS) is 11.8. The van der Waals surface area contributed by atoms with Gasteiger partial charge >= 0.3 is 35.7 Å². The third kappa shape index (κ3) is 5.83. The van der Waals surface area contributed by atoms with E-state index in [0.717, 1.165) is 12.1 Å². The molecule has 11 heteroatoms. The van der Waals surface area contributed by atoms with Crippen molar-refractivity contribution in [2.75, 3.05) is 0 Å². The summed E-state index contributed by atoms with van der Waals surface area (Å²) in [5.74, 6) is 0.932. The maximum atomic E-state index is 12.6. The number of aryl methyl sites for hydroxylation is 1. The number of nitrogens with zero attached hydrogens (tertiary/aromatic N) is 1. The number of rotatable bonds is 5. The van der Waals surface area contributed by atoms with Gasteiger partial charge in [0.1, 0.15) is 23.8 Å². The Hall–Kier alpha value is -1.85. The Bertz CT molecular complexity index is 1080. The fraction of sp³-hybridized carbons (Fsp3) is 0.167. The van der Waals surface area contributed by atoms with E-state index in [1.807, 2.05) is 0 Å². The molecule has 0 amide bonds. The van der Waals surface area contributed by atoms with Crippen LogP contribution in [0, 0.1) is 6.92 Å². The monoisotopic (exact) mass is 437 g/mol. The third-order valence-corrected chi connectivity index (χ3v) is 4.72. The van der Waals surface area contributed by atoms with Crippen molar-refractivity contribution in [1.29, 1.82) is 0 Å². The molecule has 1 heterocycles. The quantitative estimate of drug-likeness (QED) is 0.482. The molecule has 6 nitrogen and oxygen atoms in total. The average Bonchev–Trinajstić information content (AvgIpc) is 3.00. The Labute approximate surface area is 186 Å². The van der Waals surface area contributed by atoms with Crippen LogP contribution in [-0.2, 0) is 22.9 Å². The summed E-state index contributed by atoms with van der Waals surface area (Å²) in [5, 5.41) is 0. The van der Waals surface area contributed by atoms with Gasteiger partial charge in [0.25, 0.3) is 10.1 Å². The standard InChI is InChI=1S/C18H14F3NO5S.Na.H/c1-11-16(10-26-14-6-8-15(9-7-14)28(23,24)25)22-17(27-11)12-2-4-13(5-3-12)18(19,20)21;;/h2-9H,10H2,1H3,(H,23,24,25);;. The number of ether oxygens (including phenoxy) is 1. The zero-order valence-corrected chi connectivity index (χ0v) is 15.2. The molecule has 0 fully saturated rings. The van der Waals surface area contributed by atoms with Gasteiger partial charge in [0, 0.05) is 5.56 Å². The van der Waals surface area contributed by atoms with E-state index in [1.54, 1.807) is 6.92 Å². The van der Waals surface area contributed by atoms with E-state index in [4.69, 9.17) is 13.7 Å². The first-order valence-corrected chi connectivity index (χ1v) is 9.32. The number of hydrogen-bond acceptors (Lipinski definition) is 5. The Morgan fingerprint density at radius 1 is 1.07 bits per heavy atom. The molecule has 3 aromatic rings. The molecule has 1 aromatic heterocycles. The molecule has 29 heavy (non-hydrogen) atoms. The molecule has 0 spiro atoms. The van der Waals surface area contributed by atoms with E-state index >= 15 is 0 Å². The van der Waals surface area contributed by atoms with Gasteiger partial charge in [-0.2, -0.15) is 21.6 Å². The summed E-state index contributed by atoms with van der Waals surface area (Å²) in [4.78, 5) is 3.97. The minimum absolute atomic E-state index is 0. The number of halogens is 3. The fourth-order valence-electron chi connectivity index (χ4n) is 2.35. The summed E-state index contributed by atoms with van der Waals surface area (Å²) in [6, 6.07) is 9.55. The average molecular weight is 437 g/mol. The third-order valence-electron chi connectivity index (χ3n) is 3.85. The van der Waals surface area contributed by atoms with Gasteiger partial charge < -0.3 is 9.15 Å². The van der Waals surface area contributed by atoms with Crippen LogP contribution in [0.5, 0.6) is 5.75 Å². The fourth-order valence-corrected chi connectivity index (χ4v) is 2.83. The van der Waals surface area contributed by atoms with E-state index in [9.17, 15) is 21.6 Å². The van der Waals surface area contributed by atoms with Gasteiger partial charge in [0.05, 0.1) is 10.5 Å².